The van der Waals surface area contributed by atoms with Crippen LogP contribution in [0.4, 0.5) is 0 Å². The van der Waals surface area contributed by atoms with E-state index in [1.165, 1.54) is 0 Å². The zero-order valence-corrected chi connectivity index (χ0v) is 11.2. The van der Waals surface area contributed by atoms with Gasteiger partial charge in [-0.05, 0) is 5.56 Å². The molecule has 1 atom stereocenters. The number of nitrogens with zero attached hydrogens (tertiary/aromatic N) is 3. The summed E-state index contributed by atoms with van der Waals surface area (Å²) in [6.45, 7) is 0.447. The van der Waals surface area contributed by atoms with Crippen LogP contribution in [0.3, 0.4) is 0 Å². The van der Waals surface area contributed by atoms with Crippen LogP contribution in [0.25, 0.3) is 0 Å². The van der Waals surface area contributed by atoms with Gasteiger partial charge in [0, 0.05) is 26.5 Å². The highest BCUT2D eigenvalue weighted by Gasteiger charge is 2.20. The number of imidazole rings is 1. The number of rotatable bonds is 4. The van der Waals surface area contributed by atoms with Crippen LogP contribution < -0.4 is 5.73 Å². The molecule has 0 radical (unpaired) electrons. The first-order valence-corrected chi connectivity index (χ1v) is 6.11. The van der Waals surface area contributed by atoms with Crippen LogP contribution in [0.2, 0.25) is 0 Å². The Morgan fingerprint density at radius 2 is 2.11 bits per heavy atom. The number of nitrogens with two attached hydrogens (primary N) is 1. The number of carbonyl (C=O) groups excluding carboxylic acids is 1. The Balaban J connectivity index is 2.05. The van der Waals surface area contributed by atoms with Crippen molar-refractivity contribution in [1.82, 2.24) is 14.5 Å². The molecule has 2 N–H and O–H groups in total. The molecule has 0 saturated heterocycles. The first-order chi connectivity index (χ1) is 9.09. The lowest BCUT2D eigenvalue weighted by Crippen LogP contribution is -2.36. The number of benzene rings is 1. The van der Waals surface area contributed by atoms with Crippen LogP contribution in [0.1, 0.15) is 17.4 Å². The molecule has 0 unspecified atom stereocenters. The molecule has 1 heterocycles. The average molecular weight is 258 g/mol. The van der Waals surface area contributed by atoms with Crippen LogP contribution in [0.15, 0.2) is 42.7 Å². The van der Waals surface area contributed by atoms with Crippen molar-refractivity contribution in [2.24, 2.45) is 12.8 Å². The summed E-state index contributed by atoms with van der Waals surface area (Å²) < 4.78 is 1.89. The van der Waals surface area contributed by atoms with Gasteiger partial charge in [0.1, 0.15) is 11.9 Å². The Morgan fingerprint density at radius 1 is 1.42 bits per heavy atom. The predicted octanol–water partition coefficient (Wildman–Crippen LogP) is 1.08. The predicted molar refractivity (Wildman–Crippen MR) is 73.1 cm³/mol. The van der Waals surface area contributed by atoms with Crippen LogP contribution in [0.5, 0.6) is 0 Å². The van der Waals surface area contributed by atoms with Crippen molar-refractivity contribution in [1.29, 1.82) is 0 Å². The summed E-state index contributed by atoms with van der Waals surface area (Å²) in [6, 6.07) is 8.74. The molecule has 2 rings (SSSR count). The van der Waals surface area contributed by atoms with Crippen molar-refractivity contribution in [3.8, 4) is 0 Å². The smallest absolute Gasteiger partial charge is 0.244 e. The fourth-order valence-electron chi connectivity index (χ4n) is 1.88. The van der Waals surface area contributed by atoms with E-state index in [1.54, 1.807) is 18.1 Å². The molecule has 0 aliphatic carbocycles. The highest BCUT2D eigenvalue weighted by Crippen LogP contribution is 2.13. The Bertz CT molecular complexity index is 550. The van der Waals surface area contributed by atoms with E-state index in [9.17, 15) is 4.79 Å². The molecular weight excluding hydrogens is 240 g/mol. The van der Waals surface area contributed by atoms with E-state index in [0.29, 0.717) is 6.54 Å². The van der Waals surface area contributed by atoms with Crippen molar-refractivity contribution in [3.05, 3.63) is 54.1 Å². The molecule has 1 aromatic heterocycles. The van der Waals surface area contributed by atoms with Crippen molar-refractivity contribution in [2.75, 3.05) is 7.05 Å². The summed E-state index contributed by atoms with van der Waals surface area (Å²) in [6.07, 6.45) is 3.57. The topological polar surface area (TPSA) is 64.2 Å². The lowest BCUT2D eigenvalue weighted by molar-refractivity contribution is -0.132. The Kier molecular flexibility index (Phi) is 3.97. The number of hydrogen-bond acceptors (Lipinski definition) is 3. The third-order valence-electron chi connectivity index (χ3n) is 3.10. The van der Waals surface area contributed by atoms with Gasteiger partial charge in [-0.15, -0.1) is 0 Å². The second-order valence-corrected chi connectivity index (χ2v) is 4.54. The molecule has 0 spiro atoms. The number of carbonyl (C=O) groups is 1. The summed E-state index contributed by atoms with van der Waals surface area (Å²) in [4.78, 5) is 18.0. The minimum absolute atomic E-state index is 0.116. The van der Waals surface area contributed by atoms with Gasteiger partial charge >= 0.3 is 0 Å². The summed E-state index contributed by atoms with van der Waals surface area (Å²) in [5.74, 6) is 0.713. The third kappa shape index (κ3) is 3.00. The van der Waals surface area contributed by atoms with Crippen molar-refractivity contribution < 1.29 is 4.79 Å². The molecule has 0 aliphatic heterocycles. The van der Waals surface area contributed by atoms with Gasteiger partial charge in [0.25, 0.3) is 0 Å². The fourth-order valence-corrected chi connectivity index (χ4v) is 1.88. The monoisotopic (exact) mass is 258 g/mol. The molecule has 0 aliphatic rings. The van der Waals surface area contributed by atoms with E-state index in [1.807, 2.05) is 48.1 Å². The average Bonchev–Trinajstić information content (AvgIpc) is 2.83. The van der Waals surface area contributed by atoms with E-state index >= 15 is 0 Å². The molecule has 2 aromatic rings. The summed E-state index contributed by atoms with van der Waals surface area (Å²) >= 11 is 0. The number of likely N-dealkylation sites (N-methyl/N-ethyl adjacent to an activating group) is 1. The molecule has 100 valence electrons. The van der Waals surface area contributed by atoms with Gasteiger partial charge in [-0.2, -0.15) is 0 Å². The van der Waals surface area contributed by atoms with E-state index < -0.39 is 6.04 Å². The van der Waals surface area contributed by atoms with Crippen molar-refractivity contribution in [3.63, 3.8) is 0 Å². The Morgan fingerprint density at radius 3 is 2.68 bits per heavy atom. The van der Waals surface area contributed by atoms with E-state index in [4.69, 9.17) is 5.73 Å². The highest BCUT2D eigenvalue weighted by molar-refractivity contribution is 5.82. The van der Waals surface area contributed by atoms with Gasteiger partial charge in [-0.3, -0.25) is 4.79 Å². The zero-order chi connectivity index (χ0) is 13.8. The van der Waals surface area contributed by atoms with Gasteiger partial charge in [-0.1, -0.05) is 30.3 Å². The molecule has 19 heavy (non-hydrogen) atoms. The van der Waals surface area contributed by atoms with E-state index in [2.05, 4.69) is 4.98 Å². The van der Waals surface area contributed by atoms with Crippen LogP contribution >= 0.6 is 0 Å². The highest BCUT2D eigenvalue weighted by atomic mass is 16.2. The van der Waals surface area contributed by atoms with Crippen LogP contribution in [-0.2, 0) is 18.4 Å². The van der Waals surface area contributed by atoms with Gasteiger partial charge in [0.2, 0.25) is 5.91 Å². The summed E-state index contributed by atoms with van der Waals surface area (Å²) in [5, 5.41) is 0. The van der Waals surface area contributed by atoms with Gasteiger partial charge in [-0.25, -0.2) is 4.98 Å². The minimum Gasteiger partial charge on any atom is -0.337 e. The maximum absolute atomic E-state index is 12.2. The summed E-state index contributed by atoms with van der Waals surface area (Å²) in [7, 11) is 3.64. The molecule has 0 bridgehead atoms. The normalized spacial score (nSPS) is 12.2. The fraction of sp³-hybridized carbons (Fsp3) is 0.286. The first kappa shape index (κ1) is 13.3. The quantitative estimate of drug-likeness (QED) is 0.892. The molecule has 5 heteroatoms. The lowest BCUT2D eigenvalue weighted by atomic mass is 10.1. The Hall–Kier alpha value is -2.14. The number of hydrogen-bond donors (Lipinski definition) is 1. The number of aryl methyl sites for hydroxylation is 1. The van der Waals surface area contributed by atoms with Gasteiger partial charge in [0.15, 0.2) is 0 Å². The SMILES string of the molecule is CN(Cc1nccn1C)C(=O)[C@@H](N)c1ccccc1. The maximum Gasteiger partial charge on any atom is 0.244 e. The van der Waals surface area contributed by atoms with Gasteiger partial charge in [0.05, 0.1) is 6.54 Å². The molecule has 0 fully saturated rings. The zero-order valence-electron chi connectivity index (χ0n) is 11.2. The first-order valence-electron chi connectivity index (χ1n) is 6.11. The van der Waals surface area contributed by atoms with Gasteiger partial charge < -0.3 is 15.2 Å². The molecular formula is C14H18N4O. The molecule has 1 amide bonds. The largest absolute Gasteiger partial charge is 0.337 e. The maximum atomic E-state index is 12.2. The molecule has 0 saturated carbocycles. The minimum atomic E-state index is -0.633. The second kappa shape index (κ2) is 5.67. The van der Waals surface area contributed by atoms with Crippen LogP contribution in [-0.4, -0.2) is 27.4 Å². The van der Waals surface area contributed by atoms with Crippen molar-refractivity contribution >= 4 is 5.91 Å². The van der Waals surface area contributed by atoms with E-state index in [0.717, 1.165) is 11.4 Å². The molecule has 1 aromatic carbocycles. The molecule has 5 nitrogen and oxygen atoms in total. The second-order valence-electron chi connectivity index (χ2n) is 4.54. The van der Waals surface area contributed by atoms with E-state index in [-0.39, 0.29) is 5.91 Å². The number of amides is 1. The standard InChI is InChI=1S/C14H18N4O/c1-17-9-8-16-12(17)10-18(2)14(19)13(15)11-6-4-3-5-7-11/h3-9,13H,10,15H2,1-2H3/t13-/m0/s1. The van der Waals surface area contributed by atoms with Crippen molar-refractivity contribution in [2.45, 2.75) is 12.6 Å². The third-order valence-corrected chi connectivity index (χ3v) is 3.10. The summed E-state index contributed by atoms with van der Waals surface area (Å²) in [5.41, 5.74) is 6.81. The van der Waals surface area contributed by atoms with Crippen LogP contribution in [0, 0.1) is 0 Å². The number of aromatic nitrogens is 2. The lowest BCUT2D eigenvalue weighted by Gasteiger charge is -2.21. The Labute approximate surface area is 112 Å².